The van der Waals surface area contributed by atoms with Gasteiger partial charge in [0.05, 0.1) is 4.90 Å². The van der Waals surface area contributed by atoms with Gasteiger partial charge >= 0.3 is 0 Å². The highest BCUT2D eigenvalue weighted by atomic mass is 32.2. The van der Waals surface area contributed by atoms with Gasteiger partial charge in [-0.05, 0) is 43.5 Å². The van der Waals surface area contributed by atoms with Gasteiger partial charge in [-0.25, -0.2) is 13.1 Å². The zero-order valence-electron chi connectivity index (χ0n) is 12.8. The highest BCUT2D eigenvalue weighted by Crippen LogP contribution is 2.19. The predicted molar refractivity (Wildman–Crippen MR) is 83.2 cm³/mol. The van der Waals surface area contributed by atoms with Crippen molar-refractivity contribution in [3.63, 3.8) is 0 Å². The quantitative estimate of drug-likeness (QED) is 0.776. The van der Waals surface area contributed by atoms with Gasteiger partial charge < -0.3 is 5.32 Å². The maximum absolute atomic E-state index is 12.2. The summed E-state index contributed by atoms with van der Waals surface area (Å²) in [5, 5.41) is 3.19. The molecule has 0 saturated heterocycles. The third-order valence-electron chi connectivity index (χ3n) is 3.34. The number of hydrogen-bond donors (Lipinski definition) is 2. The van der Waals surface area contributed by atoms with Crippen LogP contribution >= 0.6 is 0 Å². The molecular weight excluding hydrogens is 272 g/mol. The Morgan fingerprint density at radius 1 is 1.25 bits per heavy atom. The number of nitrogens with one attached hydrogen (secondary N) is 2. The van der Waals surface area contributed by atoms with Gasteiger partial charge in [0.2, 0.25) is 10.0 Å². The third-order valence-corrected chi connectivity index (χ3v) is 4.80. The summed E-state index contributed by atoms with van der Waals surface area (Å²) >= 11 is 0. The molecule has 4 nitrogen and oxygen atoms in total. The molecule has 0 fully saturated rings. The maximum atomic E-state index is 12.2. The van der Waals surface area contributed by atoms with Crippen LogP contribution in [0.4, 0.5) is 0 Å². The second-order valence-corrected chi connectivity index (χ2v) is 7.17. The van der Waals surface area contributed by atoms with Crippen molar-refractivity contribution in [2.24, 2.45) is 5.92 Å². The van der Waals surface area contributed by atoms with Crippen molar-refractivity contribution >= 4 is 10.0 Å². The van der Waals surface area contributed by atoms with Crippen molar-refractivity contribution in [3.8, 4) is 0 Å². The molecule has 0 aliphatic carbocycles. The van der Waals surface area contributed by atoms with E-state index in [1.54, 1.807) is 18.2 Å². The molecule has 0 bridgehead atoms. The molecule has 5 heteroatoms. The smallest absolute Gasteiger partial charge is 0.240 e. The minimum atomic E-state index is -3.41. The summed E-state index contributed by atoms with van der Waals surface area (Å²) in [6.45, 7) is 6.71. The lowest BCUT2D eigenvalue weighted by Gasteiger charge is -2.15. The van der Waals surface area contributed by atoms with Crippen molar-refractivity contribution in [1.82, 2.24) is 10.0 Å². The van der Waals surface area contributed by atoms with E-state index in [9.17, 15) is 8.42 Å². The SMILES string of the molecule is CCC(NC)c1cccc(S(=O)(=O)NCCC(C)C)c1. The summed E-state index contributed by atoms with van der Waals surface area (Å²) in [4.78, 5) is 0.340. The van der Waals surface area contributed by atoms with Gasteiger partial charge in [-0.1, -0.05) is 32.9 Å². The van der Waals surface area contributed by atoms with E-state index in [2.05, 4.69) is 30.8 Å². The van der Waals surface area contributed by atoms with Crippen LogP contribution in [0.5, 0.6) is 0 Å². The third kappa shape index (κ3) is 4.89. The summed E-state index contributed by atoms with van der Waals surface area (Å²) in [7, 11) is -1.52. The van der Waals surface area contributed by atoms with Crippen LogP contribution in [0.25, 0.3) is 0 Å². The number of hydrogen-bond acceptors (Lipinski definition) is 3. The molecule has 0 radical (unpaired) electrons. The van der Waals surface area contributed by atoms with Crippen LogP contribution in [0.3, 0.4) is 0 Å². The predicted octanol–water partition coefficient (Wildman–Crippen LogP) is 2.68. The highest BCUT2D eigenvalue weighted by molar-refractivity contribution is 7.89. The Kier molecular flexibility index (Phi) is 6.65. The topological polar surface area (TPSA) is 58.2 Å². The molecule has 1 aromatic carbocycles. The van der Waals surface area contributed by atoms with Crippen molar-refractivity contribution in [2.75, 3.05) is 13.6 Å². The van der Waals surface area contributed by atoms with Crippen LogP contribution in [0.1, 0.15) is 45.2 Å². The molecule has 114 valence electrons. The Bertz CT molecular complexity index is 508. The first-order valence-electron chi connectivity index (χ1n) is 7.17. The standard InChI is InChI=1S/C15H26N2O2S/c1-5-15(16-4)13-7-6-8-14(11-13)20(18,19)17-10-9-12(2)3/h6-8,11-12,15-17H,5,9-10H2,1-4H3. The van der Waals surface area contributed by atoms with Gasteiger partial charge in [-0.15, -0.1) is 0 Å². The molecule has 1 aromatic rings. The second-order valence-electron chi connectivity index (χ2n) is 5.40. The van der Waals surface area contributed by atoms with Gasteiger partial charge in [-0.2, -0.15) is 0 Å². The first kappa shape index (κ1) is 17.1. The zero-order valence-corrected chi connectivity index (χ0v) is 13.6. The van der Waals surface area contributed by atoms with Gasteiger partial charge in [0.25, 0.3) is 0 Å². The first-order chi connectivity index (χ1) is 9.40. The van der Waals surface area contributed by atoms with Crippen molar-refractivity contribution in [2.45, 2.75) is 44.6 Å². The molecule has 0 aliphatic rings. The second kappa shape index (κ2) is 7.76. The van der Waals surface area contributed by atoms with Gasteiger partial charge in [0.15, 0.2) is 0 Å². The van der Waals surface area contributed by atoms with Crippen LogP contribution < -0.4 is 10.0 Å². The minimum absolute atomic E-state index is 0.181. The van der Waals surface area contributed by atoms with E-state index in [-0.39, 0.29) is 6.04 Å². The summed E-state index contributed by atoms with van der Waals surface area (Å²) in [5.74, 6) is 0.484. The Labute approximate surface area is 123 Å². The number of sulfonamides is 1. The van der Waals surface area contributed by atoms with Gasteiger partial charge in [0.1, 0.15) is 0 Å². The Balaban J connectivity index is 2.87. The number of benzene rings is 1. The van der Waals surface area contributed by atoms with Crippen molar-refractivity contribution < 1.29 is 8.42 Å². The van der Waals surface area contributed by atoms with Crippen LogP contribution in [-0.4, -0.2) is 22.0 Å². The van der Waals surface area contributed by atoms with E-state index in [1.807, 2.05) is 13.1 Å². The molecule has 2 N–H and O–H groups in total. The average Bonchev–Trinajstić information content (AvgIpc) is 2.40. The Morgan fingerprint density at radius 2 is 1.95 bits per heavy atom. The van der Waals surface area contributed by atoms with E-state index in [1.165, 1.54) is 0 Å². The van der Waals surface area contributed by atoms with Gasteiger partial charge in [0, 0.05) is 12.6 Å². The normalized spacial score (nSPS) is 13.7. The van der Waals surface area contributed by atoms with E-state index in [0.29, 0.717) is 17.4 Å². The monoisotopic (exact) mass is 298 g/mol. The largest absolute Gasteiger partial charge is 0.313 e. The van der Waals surface area contributed by atoms with Gasteiger partial charge in [-0.3, -0.25) is 0 Å². The molecule has 1 rings (SSSR count). The number of rotatable bonds is 8. The fourth-order valence-corrected chi connectivity index (χ4v) is 3.17. The fourth-order valence-electron chi connectivity index (χ4n) is 2.07. The Morgan fingerprint density at radius 3 is 2.50 bits per heavy atom. The molecular formula is C15H26N2O2S. The minimum Gasteiger partial charge on any atom is -0.313 e. The Hall–Kier alpha value is -0.910. The van der Waals surface area contributed by atoms with Crippen LogP contribution in [-0.2, 0) is 10.0 Å². The lowest BCUT2D eigenvalue weighted by atomic mass is 10.1. The summed E-state index contributed by atoms with van der Waals surface area (Å²) in [5.41, 5.74) is 1.00. The summed E-state index contributed by atoms with van der Waals surface area (Å²) in [6, 6.07) is 7.33. The van der Waals surface area contributed by atoms with Crippen LogP contribution in [0.2, 0.25) is 0 Å². The van der Waals surface area contributed by atoms with E-state index >= 15 is 0 Å². The zero-order chi connectivity index (χ0) is 15.2. The van der Waals surface area contributed by atoms with Crippen molar-refractivity contribution in [3.05, 3.63) is 29.8 Å². The maximum Gasteiger partial charge on any atom is 0.240 e. The molecule has 0 amide bonds. The molecule has 0 aliphatic heterocycles. The van der Waals surface area contributed by atoms with Crippen LogP contribution in [0.15, 0.2) is 29.2 Å². The summed E-state index contributed by atoms with van der Waals surface area (Å²) < 4.78 is 27.1. The lowest BCUT2D eigenvalue weighted by Crippen LogP contribution is -2.26. The molecule has 0 spiro atoms. The van der Waals surface area contributed by atoms with Crippen molar-refractivity contribution in [1.29, 1.82) is 0 Å². The fraction of sp³-hybridized carbons (Fsp3) is 0.600. The molecule has 20 heavy (non-hydrogen) atoms. The molecule has 0 saturated carbocycles. The molecule has 0 heterocycles. The molecule has 1 atom stereocenters. The van der Waals surface area contributed by atoms with E-state index in [0.717, 1.165) is 18.4 Å². The van der Waals surface area contributed by atoms with Crippen LogP contribution in [0, 0.1) is 5.92 Å². The highest BCUT2D eigenvalue weighted by Gasteiger charge is 2.16. The molecule has 1 unspecified atom stereocenters. The average molecular weight is 298 g/mol. The van der Waals surface area contributed by atoms with E-state index in [4.69, 9.17) is 0 Å². The lowest BCUT2D eigenvalue weighted by molar-refractivity contribution is 0.550. The van der Waals surface area contributed by atoms with E-state index < -0.39 is 10.0 Å². The summed E-state index contributed by atoms with van der Waals surface area (Å²) in [6.07, 6.45) is 1.76. The first-order valence-corrected chi connectivity index (χ1v) is 8.66. The molecule has 0 aromatic heterocycles.